The van der Waals surface area contributed by atoms with E-state index in [2.05, 4.69) is 15.5 Å². The van der Waals surface area contributed by atoms with E-state index in [1.54, 1.807) is 29.2 Å². The highest BCUT2D eigenvalue weighted by Crippen LogP contribution is 2.31. The predicted molar refractivity (Wildman–Crippen MR) is 111 cm³/mol. The van der Waals surface area contributed by atoms with Crippen molar-refractivity contribution in [2.75, 3.05) is 23.4 Å². The van der Waals surface area contributed by atoms with Crippen LogP contribution in [0.15, 0.2) is 52.9 Å². The van der Waals surface area contributed by atoms with E-state index >= 15 is 0 Å². The molecule has 1 aliphatic heterocycles. The van der Waals surface area contributed by atoms with Gasteiger partial charge in [-0.25, -0.2) is 0 Å². The molecule has 1 unspecified atom stereocenters. The van der Waals surface area contributed by atoms with Crippen LogP contribution in [0.2, 0.25) is 5.02 Å². The van der Waals surface area contributed by atoms with Crippen LogP contribution in [0.5, 0.6) is 5.75 Å². The van der Waals surface area contributed by atoms with Gasteiger partial charge in [0.1, 0.15) is 5.75 Å². The van der Waals surface area contributed by atoms with Crippen molar-refractivity contribution < 1.29 is 18.7 Å². The van der Waals surface area contributed by atoms with Crippen molar-refractivity contribution in [2.24, 2.45) is 0 Å². The Hall–Kier alpha value is -3.39. The quantitative estimate of drug-likeness (QED) is 0.647. The van der Waals surface area contributed by atoms with E-state index in [1.165, 1.54) is 0 Å². The number of aromatic nitrogens is 2. The number of aryl methyl sites for hydroxylation is 1. The van der Waals surface area contributed by atoms with Crippen LogP contribution in [-0.4, -0.2) is 35.2 Å². The lowest BCUT2D eigenvalue weighted by atomic mass is 10.1. The molecule has 1 N–H and O–H groups in total. The standard InChI is InChI=1S/C21H19ClN4O4/c1-13-2-6-16(7-3-13)26-11-14(10-19(26)28)20-24-25-21(30-20)23-18(27)12-29-17-8-4-15(22)5-9-17/h2-9,14H,10-12H2,1H3,(H,23,25,27). The number of benzene rings is 2. The maximum Gasteiger partial charge on any atom is 0.322 e. The van der Waals surface area contributed by atoms with Crippen LogP contribution in [0.4, 0.5) is 11.7 Å². The Kier molecular flexibility index (Phi) is 5.67. The van der Waals surface area contributed by atoms with Crippen molar-refractivity contribution in [3.63, 3.8) is 0 Å². The molecule has 30 heavy (non-hydrogen) atoms. The zero-order valence-electron chi connectivity index (χ0n) is 16.2. The Morgan fingerprint density at radius 2 is 1.93 bits per heavy atom. The normalized spacial score (nSPS) is 16.0. The number of halogens is 1. The maximum absolute atomic E-state index is 12.4. The highest BCUT2D eigenvalue weighted by molar-refractivity contribution is 6.30. The molecular weight excluding hydrogens is 408 g/mol. The van der Waals surface area contributed by atoms with Crippen molar-refractivity contribution in [3.8, 4) is 5.75 Å². The third-order valence-electron chi connectivity index (χ3n) is 4.69. The largest absolute Gasteiger partial charge is 0.484 e. The molecule has 9 heteroatoms. The number of ether oxygens (including phenoxy) is 1. The zero-order valence-corrected chi connectivity index (χ0v) is 16.9. The van der Waals surface area contributed by atoms with Crippen molar-refractivity contribution in [2.45, 2.75) is 19.3 Å². The number of hydrogen-bond donors (Lipinski definition) is 1. The Morgan fingerprint density at radius 1 is 1.20 bits per heavy atom. The van der Waals surface area contributed by atoms with Gasteiger partial charge in [-0.2, -0.15) is 0 Å². The molecule has 1 fully saturated rings. The predicted octanol–water partition coefficient (Wildman–Crippen LogP) is 3.57. The van der Waals surface area contributed by atoms with E-state index in [9.17, 15) is 9.59 Å². The van der Waals surface area contributed by atoms with E-state index in [-0.39, 0.29) is 30.9 Å². The van der Waals surface area contributed by atoms with Crippen molar-refractivity contribution >= 4 is 35.1 Å². The monoisotopic (exact) mass is 426 g/mol. The molecule has 2 heterocycles. The van der Waals surface area contributed by atoms with Gasteiger partial charge in [0.25, 0.3) is 5.91 Å². The summed E-state index contributed by atoms with van der Waals surface area (Å²) in [6, 6.07) is 14.4. The van der Waals surface area contributed by atoms with Crippen LogP contribution in [0.1, 0.15) is 23.8 Å². The molecule has 1 atom stereocenters. The second-order valence-corrected chi connectivity index (χ2v) is 7.41. The number of nitrogens with one attached hydrogen (secondary N) is 1. The molecule has 0 saturated carbocycles. The fourth-order valence-electron chi connectivity index (χ4n) is 3.13. The highest BCUT2D eigenvalue weighted by Gasteiger charge is 2.35. The van der Waals surface area contributed by atoms with Crippen LogP contribution >= 0.6 is 11.6 Å². The summed E-state index contributed by atoms with van der Waals surface area (Å²) in [7, 11) is 0. The minimum Gasteiger partial charge on any atom is -0.484 e. The number of nitrogens with zero attached hydrogens (tertiary/aromatic N) is 3. The first-order chi connectivity index (χ1) is 14.5. The fourth-order valence-corrected chi connectivity index (χ4v) is 3.26. The van der Waals surface area contributed by atoms with E-state index in [4.69, 9.17) is 20.8 Å². The lowest BCUT2D eigenvalue weighted by Crippen LogP contribution is -2.24. The number of hydrogen-bond acceptors (Lipinski definition) is 6. The summed E-state index contributed by atoms with van der Waals surface area (Å²) in [5.74, 6) is 0.142. The summed E-state index contributed by atoms with van der Waals surface area (Å²) in [5, 5.41) is 10.9. The summed E-state index contributed by atoms with van der Waals surface area (Å²) in [6.45, 7) is 2.22. The first-order valence-corrected chi connectivity index (χ1v) is 9.74. The summed E-state index contributed by atoms with van der Waals surface area (Å²) in [4.78, 5) is 26.2. The topological polar surface area (TPSA) is 97.6 Å². The number of anilines is 2. The molecule has 8 nitrogen and oxygen atoms in total. The van der Waals surface area contributed by atoms with Gasteiger partial charge < -0.3 is 14.1 Å². The Bertz CT molecular complexity index is 1050. The van der Waals surface area contributed by atoms with Crippen molar-refractivity contribution in [3.05, 3.63) is 65.0 Å². The number of amides is 2. The van der Waals surface area contributed by atoms with Gasteiger partial charge in [0.2, 0.25) is 11.8 Å². The second-order valence-electron chi connectivity index (χ2n) is 6.98. The Labute approximate surface area is 177 Å². The summed E-state index contributed by atoms with van der Waals surface area (Å²) >= 11 is 5.81. The molecule has 3 aromatic rings. The second kappa shape index (κ2) is 8.54. The lowest BCUT2D eigenvalue weighted by Gasteiger charge is -2.16. The molecule has 0 spiro atoms. The first-order valence-electron chi connectivity index (χ1n) is 9.36. The van der Waals surface area contributed by atoms with Crippen LogP contribution in [0.3, 0.4) is 0 Å². The van der Waals surface area contributed by atoms with Gasteiger partial charge >= 0.3 is 6.01 Å². The zero-order chi connectivity index (χ0) is 21.1. The van der Waals surface area contributed by atoms with Gasteiger partial charge in [-0.05, 0) is 43.3 Å². The first kappa shape index (κ1) is 19.9. The molecule has 4 rings (SSSR count). The van der Waals surface area contributed by atoms with Gasteiger partial charge in [-0.15, -0.1) is 5.10 Å². The van der Waals surface area contributed by atoms with Gasteiger partial charge in [0.15, 0.2) is 6.61 Å². The minimum absolute atomic E-state index is 0.0102. The number of rotatable bonds is 6. The Morgan fingerprint density at radius 3 is 2.67 bits per heavy atom. The lowest BCUT2D eigenvalue weighted by molar-refractivity contribution is -0.118. The summed E-state index contributed by atoms with van der Waals surface area (Å²) in [5.41, 5.74) is 1.96. The molecular formula is C21H19ClN4O4. The molecule has 2 aromatic carbocycles. The third-order valence-corrected chi connectivity index (χ3v) is 4.94. The smallest absolute Gasteiger partial charge is 0.322 e. The third kappa shape index (κ3) is 4.60. The average molecular weight is 427 g/mol. The molecule has 1 aliphatic rings. The molecule has 2 amide bonds. The van der Waals surface area contributed by atoms with E-state index < -0.39 is 5.91 Å². The van der Waals surface area contributed by atoms with Gasteiger partial charge in [0, 0.05) is 23.7 Å². The maximum atomic E-state index is 12.4. The van der Waals surface area contributed by atoms with E-state index in [1.807, 2.05) is 31.2 Å². The fraction of sp³-hybridized carbons (Fsp3) is 0.238. The summed E-state index contributed by atoms with van der Waals surface area (Å²) in [6.07, 6.45) is 0.267. The minimum atomic E-state index is -0.441. The highest BCUT2D eigenvalue weighted by atomic mass is 35.5. The van der Waals surface area contributed by atoms with Crippen LogP contribution in [0, 0.1) is 6.92 Å². The molecule has 154 valence electrons. The number of carbonyl (C=O) groups is 2. The Balaban J connectivity index is 1.33. The molecule has 0 bridgehead atoms. The SMILES string of the molecule is Cc1ccc(N2CC(c3nnc(NC(=O)COc4ccc(Cl)cc4)o3)CC2=O)cc1. The van der Waals surface area contributed by atoms with Crippen LogP contribution < -0.4 is 15.0 Å². The van der Waals surface area contributed by atoms with Gasteiger partial charge in [-0.3, -0.25) is 14.9 Å². The average Bonchev–Trinajstić information content (AvgIpc) is 3.35. The van der Waals surface area contributed by atoms with Crippen LogP contribution in [-0.2, 0) is 9.59 Å². The van der Waals surface area contributed by atoms with Gasteiger partial charge in [0.05, 0.1) is 5.92 Å². The van der Waals surface area contributed by atoms with E-state index in [0.717, 1.165) is 11.3 Å². The number of carbonyl (C=O) groups excluding carboxylic acids is 2. The molecule has 1 aromatic heterocycles. The van der Waals surface area contributed by atoms with Crippen molar-refractivity contribution in [1.29, 1.82) is 0 Å². The van der Waals surface area contributed by atoms with Crippen molar-refractivity contribution in [1.82, 2.24) is 10.2 Å². The summed E-state index contributed by atoms with van der Waals surface area (Å²) < 4.78 is 10.9. The molecule has 1 saturated heterocycles. The molecule has 0 aliphatic carbocycles. The van der Waals surface area contributed by atoms with E-state index in [0.29, 0.717) is 23.2 Å². The van der Waals surface area contributed by atoms with Crippen LogP contribution in [0.25, 0.3) is 0 Å². The van der Waals surface area contributed by atoms with Gasteiger partial charge in [-0.1, -0.05) is 34.4 Å². The molecule has 0 radical (unpaired) electrons.